The number of nitrogens with one attached hydrogen (secondary N) is 1. The SMILES string of the molecule is C=CCN1C(=O)C(=Cc2ccc(Oc3ccc(F)cc3)cc2)C(=O)NC1=S. The molecule has 2 amide bonds. The number of benzene rings is 2. The van der Waals surface area contributed by atoms with Crippen LogP contribution in [0.2, 0.25) is 0 Å². The lowest BCUT2D eigenvalue weighted by atomic mass is 10.1. The van der Waals surface area contributed by atoms with Gasteiger partial charge < -0.3 is 4.74 Å². The quantitative estimate of drug-likeness (QED) is 0.373. The molecule has 7 heteroatoms. The molecule has 1 fully saturated rings. The van der Waals surface area contributed by atoms with Crippen molar-refractivity contribution in [3.8, 4) is 11.5 Å². The molecule has 0 spiro atoms. The Bertz CT molecular complexity index is 937. The third kappa shape index (κ3) is 4.27. The predicted molar refractivity (Wildman–Crippen MR) is 104 cm³/mol. The van der Waals surface area contributed by atoms with Gasteiger partial charge in [-0.25, -0.2) is 4.39 Å². The average molecular weight is 382 g/mol. The van der Waals surface area contributed by atoms with Gasteiger partial charge in [0.1, 0.15) is 22.9 Å². The molecule has 2 aromatic carbocycles. The van der Waals surface area contributed by atoms with Gasteiger partial charge in [0.15, 0.2) is 5.11 Å². The molecule has 0 aliphatic carbocycles. The number of hydrogen-bond acceptors (Lipinski definition) is 4. The number of halogens is 1. The van der Waals surface area contributed by atoms with Gasteiger partial charge >= 0.3 is 0 Å². The molecule has 0 bridgehead atoms. The Balaban J connectivity index is 1.78. The molecule has 1 saturated heterocycles. The highest BCUT2D eigenvalue weighted by Crippen LogP contribution is 2.23. The van der Waals surface area contributed by atoms with E-state index in [1.807, 2.05) is 0 Å². The number of carbonyl (C=O) groups is 2. The predicted octanol–water partition coefficient (Wildman–Crippen LogP) is 3.43. The van der Waals surface area contributed by atoms with Crippen LogP contribution in [0.3, 0.4) is 0 Å². The van der Waals surface area contributed by atoms with Gasteiger partial charge in [-0.05, 0) is 60.3 Å². The van der Waals surface area contributed by atoms with Crippen molar-refractivity contribution in [3.05, 3.63) is 78.1 Å². The lowest BCUT2D eigenvalue weighted by molar-refractivity contribution is -0.128. The molecule has 0 unspecified atom stereocenters. The first-order valence-corrected chi connectivity index (χ1v) is 8.42. The summed E-state index contributed by atoms with van der Waals surface area (Å²) in [6.45, 7) is 3.79. The van der Waals surface area contributed by atoms with Gasteiger partial charge in [0.25, 0.3) is 11.8 Å². The number of amides is 2. The lowest BCUT2D eigenvalue weighted by Crippen LogP contribution is -2.53. The summed E-state index contributed by atoms with van der Waals surface area (Å²) in [4.78, 5) is 25.9. The molecule has 2 aromatic rings. The van der Waals surface area contributed by atoms with Crippen molar-refractivity contribution in [2.24, 2.45) is 0 Å². The maximum absolute atomic E-state index is 12.9. The molecule has 3 rings (SSSR count). The fourth-order valence-electron chi connectivity index (χ4n) is 2.43. The normalized spacial score (nSPS) is 15.7. The van der Waals surface area contributed by atoms with Crippen molar-refractivity contribution < 1.29 is 18.7 Å². The number of nitrogens with zero attached hydrogens (tertiary/aromatic N) is 1. The van der Waals surface area contributed by atoms with Crippen molar-refractivity contribution in [1.29, 1.82) is 0 Å². The topological polar surface area (TPSA) is 58.6 Å². The van der Waals surface area contributed by atoms with E-state index in [1.54, 1.807) is 24.3 Å². The van der Waals surface area contributed by atoms with Gasteiger partial charge in [-0.15, -0.1) is 6.58 Å². The zero-order chi connectivity index (χ0) is 19.4. The number of thiocarbonyl (C=S) groups is 1. The highest BCUT2D eigenvalue weighted by molar-refractivity contribution is 7.80. The van der Waals surface area contributed by atoms with Crippen LogP contribution >= 0.6 is 12.2 Å². The van der Waals surface area contributed by atoms with Gasteiger partial charge in [0.05, 0.1) is 0 Å². The summed E-state index contributed by atoms with van der Waals surface area (Å²) >= 11 is 5.01. The summed E-state index contributed by atoms with van der Waals surface area (Å²) in [5.74, 6) is -0.326. The molecule has 136 valence electrons. The molecule has 0 radical (unpaired) electrons. The number of carbonyl (C=O) groups excluding carboxylic acids is 2. The minimum Gasteiger partial charge on any atom is -0.457 e. The molecule has 27 heavy (non-hydrogen) atoms. The van der Waals surface area contributed by atoms with E-state index in [-0.39, 0.29) is 23.0 Å². The molecule has 1 aliphatic heterocycles. The van der Waals surface area contributed by atoms with E-state index in [0.717, 1.165) is 0 Å². The van der Waals surface area contributed by atoms with Crippen LogP contribution in [0.5, 0.6) is 11.5 Å². The van der Waals surface area contributed by atoms with E-state index in [2.05, 4.69) is 11.9 Å². The van der Waals surface area contributed by atoms with E-state index in [1.165, 1.54) is 41.3 Å². The summed E-state index contributed by atoms with van der Waals surface area (Å²) in [5.41, 5.74) is 0.629. The molecule has 1 N–H and O–H groups in total. The van der Waals surface area contributed by atoms with Crippen LogP contribution in [0.25, 0.3) is 6.08 Å². The van der Waals surface area contributed by atoms with E-state index in [4.69, 9.17) is 17.0 Å². The van der Waals surface area contributed by atoms with Crippen LogP contribution in [-0.4, -0.2) is 28.4 Å². The summed E-state index contributed by atoms with van der Waals surface area (Å²) in [5, 5.41) is 2.55. The summed E-state index contributed by atoms with van der Waals surface area (Å²) < 4.78 is 18.5. The summed E-state index contributed by atoms with van der Waals surface area (Å²) in [6, 6.07) is 12.4. The largest absolute Gasteiger partial charge is 0.457 e. The molecule has 5 nitrogen and oxygen atoms in total. The van der Waals surface area contributed by atoms with Crippen LogP contribution in [0, 0.1) is 5.82 Å². The van der Waals surface area contributed by atoms with Crippen molar-refractivity contribution in [1.82, 2.24) is 10.2 Å². The molecule has 0 saturated carbocycles. The second-order valence-electron chi connectivity index (χ2n) is 5.65. The van der Waals surface area contributed by atoms with Crippen LogP contribution in [-0.2, 0) is 9.59 Å². The molecule has 0 aromatic heterocycles. The van der Waals surface area contributed by atoms with Crippen molar-refractivity contribution in [3.63, 3.8) is 0 Å². The third-order valence-electron chi connectivity index (χ3n) is 3.74. The number of rotatable bonds is 5. The first-order valence-electron chi connectivity index (χ1n) is 8.01. The standard InChI is InChI=1S/C20H15FN2O3S/c1-2-11-23-19(25)17(18(24)22-20(23)27)12-13-3-7-15(8-4-13)26-16-9-5-14(21)6-10-16/h2-10,12H,1,11H2,(H,22,24,27). The van der Waals surface area contributed by atoms with Gasteiger partial charge in [-0.1, -0.05) is 18.2 Å². The monoisotopic (exact) mass is 382 g/mol. The maximum Gasteiger partial charge on any atom is 0.265 e. The van der Waals surface area contributed by atoms with Gasteiger partial charge in [-0.2, -0.15) is 0 Å². The van der Waals surface area contributed by atoms with E-state index >= 15 is 0 Å². The van der Waals surface area contributed by atoms with Crippen LogP contribution in [0.1, 0.15) is 5.56 Å². The Morgan fingerprint density at radius 2 is 1.67 bits per heavy atom. The maximum atomic E-state index is 12.9. The van der Waals surface area contributed by atoms with Crippen LogP contribution < -0.4 is 10.1 Å². The Hall–Kier alpha value is -3.32. The van der Waals surface area contributed by atoms with E-state index < -0.39 is 11.8 Å². The lowest BCUT2D eigenvalue weighted by Gasteiger charge is -2.27. The smallest absolute Gasteiger partial charge is 0.265 e. The van der Waals surface area contributed by atoms with E-state index in [9.17, 15) is 14.0 Å². The fraction of sp³-hybridized carbons (Fsp3) is 0.0500. The highest BCUT2D eigenvalue weighted by Gasteiger charge is 2.32. The highest BCUT2D eigenvalue weighted by atomic mass is 32.1. The second kappa shape index (κ2) is 7.92. The molecule has 1 heterocycles. The molecule has 1 aliphatic rings. The Morgan fingerprint density at radius 3 is 2.26 bits per heavy atom. The average Bonchev–Trinajstić information content (AvgIpc) is 2.65. The first-order chi connectivity index (χ1) is 13.0. The second-order valence-corrected chi connectivity index (χ2v) is 6.03. The first kappa shape index (κ1) is 18.5. The van der Waals surface area contributed by atoms with Crippen LogP contribution in [0.15, 0.2) is 66.8 Å². The van der Waals surface area contributed by atoms with Crippen molar-refractivity contribution in [2.75, 3.05) is 6.54 Å². The van der Waals surface area contributed by atoms with Gasteiger partial charge in [0.2, 0.25) is 0 Å². The zero-order valence-corrected chi connectivity index (χ0v) is 15.0. The molecular weight excluding hydrogens is 367 g/mol. The molecule has 0 atom stereocenters. The zero-order valence-electron chi connectivity index (χ0n) is 14.1. The summed E-state index contributed by atoms with van der Waals surface area (Å²) in [6.07, 6.45) is 3.01. The Morgan fingerprint density at radius 1 is 1.07 bits per heavy atom. The minimum atomic E-state index is -0.544. The van der Waals surface area contributed by atoms with Gasteiger partial charge in [0, 0.05) is 6.54 Å². The number of hydrogen-bond donors (Lipinski definition) is 1. The van der Waals surface area contributed by atoms with Gasteiger partial charge in [-0.3, -0.25) is 19.8 Å². The minimum absolute atomic E-state index is 0.0161. The van der Waals surface area contributed by atoms with E-state index in [0.29, 0.717) is 17.1 Å². The third-order valence-corrected chi connectivity index (χ3v) is 4.06. The fourth-order valence-corrected chi connectivity index (χ4v) is 2.68. The number of ether oxygens (including phenoxy) is 1. The van der Waals surface area contributed by atoms with Crippen molar-refractivity contribution in [2.45, 2.75) is 0 Å². The Labute approximate surface area is 160 Å². The Kier molecular flexibility index (Phi) is 5.42. The molecular formula is C20H15FN2O3S. The summed E-state index contributed by atoms with van der Waals surface area (Å²) in [7, 11) is 0. The van der Waals surface area contributed by atoms with Crippen LogP contribution in [0.4, 0.5) is 4.39 Å². The van der Waals surface area contributed by atoms with Crippen molar-refractivity contribution >= 4 is 35.2 Å².